The fourth-order valence-corrected chi connectivity index (χ4v) is 4.97. The van der Waals surface area contributed by atoms with Gasteiger partial charge < -0.3 is 10.2 Å². The minimum absolute atomic E-state index is 0.221. The molecule has 0 bridgehead atoms. The Morgan fingerprint density at radius 3 is 2.87 bits per heavy atom. The van der Waals surface area contributed by atoms with Gasteiger partial charge in [-0.25, -0.2) is 0 Å². The Morgan fingerprint density at radius 2 is 2.13 bits per heavy atom. The van der Waals surface area contributed by atoms with E-state index >= 15 is 0 Å². The van der Waals surface area contributed by atoms with E-state index in [0.717, 1.165) is 30.9 Å². The molecule has 3 atom stereocenters. The van der Waals surface area contributed by atoms with Gasteiger partial charge in [-0.05, 0) is 42.5 Å². The lowest BCUT2D eigenvalue weighted by molar-refractivity contribution is 0.0702. The molecule has 3 nitrogen and oxygen atoms in total. The molecule has 1 amide bonds. The van der Waals surface area contributed by atoms with E-state index in [0.29, 0.717) is 17.9 Å². The molecule has 2 fully saturated rings. The molecule has 2 saturated heterocycles. The number of nitrogens with one attached hydrogen (secondary N) is 1. The predicted molar refractivity (Wildman–Crippen MR) is 94.0 cm³/mol. The van der Waals surface area contributed by atoms with Crippen molar-refractivity contribution in [3.8, 4) is 0 Å². The monoisotopic (exact) mass is 326 g/mol. The summed E-state index contributed by atoms with van der Waals surface area (Å²) in [5.41, 5.74) is 2.54. The van der Waals surface area contributed by atoms with E-state index < -0.39 is 0 Å². The maximum atomic E-state index is 13.0. The van der Waals surface area contributed by atoms with E-state index in [1.165, 1.54) is 11.1 Å². The average Bonchev–Trinajstić information content (AvgIpc) is 3.19. The van der Waals surface area contributed by atoms with Crippen molar-refractivity contribution < 1.29 is 4.79 Å². The third-order valence-corrected chi connectivity index (χ3v) is 6.27. The summed E-state index contributed by atoms with van der Waals surface area (Å²) in [5.74, 6) is 1.19. The molecular formula is C19H22N2OS. The highest BCUT2D eigenvalue weighted by Gasteiger charge is 2.45. The van der Waals surface area contributed by atoms with Crippen LogP contribution in [0.15, 0.2) is 41.8 Å². The Balaban J connectivity index is 1.64. The van der Waals surface area contributed by atoms with Gasteiger partial charge in [0.1, 0.15) is 0 Å². The minimum Gasteiger partial charge on any atom is -0.334 e. The van der Waals surface area contributed by atoms with Crippen LogP contribution in [0.3, 0.4) is 0 Å². The maximum absolute atomic E-state index is 13.0. The molecule has 2 aromatic rings. The van der Waals surface area contributed by atoms with Gasteiger partial charge in [0.25, 0.3) is 5.91 Å². The van der Waals surface area contributed by atoms with Gasteiger partial charge >= 0.3 is 0 Å². The quantitative estimate of drug-likeness (QED) is 0.918. The second-order valence-corrected chi connectivity index (χ2v) is 7.60. The van der Waals surface area contributed by atoms with Crippen molar-refractivity contribution in [3.63, 3.8) is 0 Å². The summed E-state index contributed by atoms with van der Waals surface area (Å²) in [4.78, 5) is 16.0. The third kappa shape index (κ3) is 2.70. The molecule has 3 heterocycles. The first-order valence-electron chi connectivity index (χ1n) is 8.36. The van der Waals surface area contributed by atoms with Crippen LogP contribution in [0.4, 0.5) is 0 Å². The smallest absolute Gasteiger partial charge is 0.264 e. The normalized spacial score (nSPS) is 27.0. The summed E-state index contributed by atoms with van der Waals surface area (Å²) >= 11 is 1.57. The lowest BCUT2D eigenvalue weighted by atomic mass is 9.82. The van der Waals surface area contributed by atoms with Crippen LogP contribution in [0, 0.1) is 12.8 Å². The number of fused-ring (bicyclic) bond motifs is 1. The molecule has 1 aromatic heterocycles. The number of nitrogens with zero attached hydrogens (tertiary/aromatic N) is 1. The lowest BCUT2D eigenvalue weighted by Crippen LogP contribution is -2.46. The molecule has 0 aliphatic carbocycles. The summed E-state index contributed by atoms with van der Waals surface area (Å²) in [7, 11) is 0. The number of aryl methyl sites for hydroxylation is 1. The van der Waals surface area contributed by atoms with E-state index in [1.54, 1.807) is 11.3 Å². The number of hydrogen-bond donors (Lipinski definition) is 1. The van der Waals surface area contributed by atoms with Gasteiger partial charge in [-0.2, -0.15) is 0 Å². The second kappa shape index (κ2) is 6.10. The van der Waals surface area contributed by atoms with Gasteiger partial charge in [0.2, 0.25) is 0 Å². The van der Waals surface area contributed by atoms with E-state index in [9.17, 15) is 4.79 Å². The number of piperidine rings is 1. The standard InChI is InChI=1S/C19H22N2OS/c1-13-9-18(23-12-13)19(22)21-11-16(14-5-3-2-4-6-14)15-10-20-8-7-17(15)21/h2-6,9,12,15-17,20H,7-8,10-11H2,1H3/t15-,16-,17-/m1/s1. The molecule has 0 spiro atoms. The van der Waals surface area contributed by atoms with Gasteiger partial charge in [-0.1, -0.05) is 30.3 Å². The molecule has 1 N–H and O–H groups in total. The molecule has 0 saturated carbocycles. The molecule has 120 valence electrons. The topological polar surface area (TPSA) is 32.3 Å². The summed E-state index contributed by atoms with van der Waals surface area (Å²) in [6.07, 6.45) is 1.06. The zero-order valence-corrected chi connectivity index (χ0v) is 14.2. The number of carbonyl (C=O) groups is 1. The molecule has 0 unspecified atom stereocenters. The van der Waals surface area contributed by atoms with Crippen LogP contribution in [0.1, 0.15) is 33.1 Å². The Morgan fingerprint density at radius 1 is 1.30 bits per heavy atom. The largest absolute Gasteiger partial charge is 0.334 e. The molecule has 23 heavy (non-hydrogen) atoms. The van der Waals surface area contributed by atoms with E-state index in [-0.39, 0.29) is 5.91 Å². The summed E-state index contributed by atoms with van der Waals surface area (Å²) in [5, 5.41) is 5.59. The summed E-state index contributed by atoms with van der Waals surface area (Å²) in [6.45, 7) is 4.92. The fraction of sp³-hybridized carbons (Fsp3) is 0.421. The lowest BCUT2D eigenvalue weighted by Gasteiger charge is -2.32. The Hall–Kier alpha value is -1.65. The van der Waals surface area contributed by atoms with E-state index in [4.69, 9.17) is 0 Å². The van der Waals surface area contributed by atoms with Gasteiger partial charge in [0.15, 0.2) is 0 Å². The number of benzene rings is 1. The zero-order valence-electron chi connectivity index (χ0n) is 13.4. The Labute approximate surface area is 141 Å². The molecule has 2 aliphatic heterocycles. The first kappa shape index (κ1) is 14.9. The maximum Gasteiger partial charge on any atom is 0.264 e. The van der Waals surface area contributed by atoms with Crippen LogP contribution in [-0.4, -0.2) is 36.5 Å². The molecular weight excluding hydrogens is 304 g/mol. The van der Waals surface area contributed by atoms with Crippen molar-refractivity contribution in [1.82, 2.24) is 10.2 Å². The van der Waals surface area contributed by atoms with Crippen LogP contribution < -0.4 is 5.32 Å². The van der Waals surface area contributed by atoms with Crippen LogP contribution in [-0.2, 0) is 0 Å². The summed E-state index contributed by atoms with van der Waals surface area (Å²) in [6, 6.07) is 13.1. The first-order valence-corrected chi connectivity index (χ1v) is 9.24. The Kier molecular flexibility index (Phi) is 3.95. The number of likely N-dealkylation sites (tertiary alicyclic amines) is 1. The van der Waals surface area contributed by atoms with E-state index in [2.05, 4.69) is 52.9 Å². The SMILES string of the molecule is Cc1csc(C(=O)N2C[C@H](c3ccccc3)[C@H]3CNCC[C@H]32)c1. The minimum atomic E-state index is 0.221. The van der Waals surface area contributed by atoms with Crippen molar-refractivity contribution in [2.24, 2.45) is 5.92 Å². The van der Waals surface area contributed by atoms with E-state index in [1.807, 2.05) is 6.07 Å². The fourth-order valence-electron chi connectivity index (χ4n) is 4.12. The first-order chi connectivity index (χ1) is 11.2. The zero-order chi connectivity index (χ0) is 15.8. The molecule has 1 aromatic carbocycles. The van der Waals surface area contributed by atoms with Crippen molar-refractivity contribution in [2.45, 2.75) is 25.3 Å². The van der Waals surface area contributed by atoms with Gasteiger partial charge in [0, 0.05) is 31.0 Å². The highest BCUT2D eigenvalue weighted by molar-refractivity contribution is 7.12. The van der Waals surface area contributed by atoms with Gasteiger partial charge in [-0.15, -0.1) is 11.3 Å². The van der Waals surface area contributed by atoms with Crippen LogP contribution in [0.5, 0.6) is 0 Å². The van der Waals surface area contributed by atoms with Gasteiger partial charge in [-0.3, -0.25) is 4.79 Å². The third-order valence-electron chi connectivity index (χ3n) is 5.23. The molecule has 4 heteroatoms. The number of amides is 1. The van der Waals surface area contributed by atoms with Crippen LogP contribution in [0.25, 0.3) is 0 Å². The predicted octanol–water partition coefficient (Wildman–Crippen LogP) is 3.27. The highest BCUT2D eigenvalue weighted by Crippen LogP contribution is 2.40. The number of thiophene rings is 1. The van der Waals surface area contributed by atoms with Crippen molar-refractivity contribution in [2.75, 3.05) is 19.6 Å². The second-order valence-electron chi connectivity index (χ2n) is 6.69. The number of hydrogen-bond acceptors (Lipinski definition) is 3. The highest BCUT2D eigenvalue weighted by atomic mass is 32.1. The number of rotatable bonds is 2. The van der Waals surface area contributed by atoms with Crippen molar-refractivity contribution in [3.05, 3.63) is 57.8 Å². The van der Waals surface area contributed by atoms with Crippen molar-refractivity contribution in [1.29, 1.82) is 0 Å². The van der Waals surface area contributed by atoms with Gasteiger partial charge in [0.05, 0.1) is 4.88 Å². The summed E-state index contributed by atoms with van der Waals surface area (Å²) < 4.78 is 0. The number of carbonyl (C=O) groups excluding carboxylic acids is 1. The van der Waals surface area contributed by atoms with Crippen LogP contribution >= 0.6 is 11.3 Å². The molecule has 2 aliphatic rings. The molecule has 4 rings (SSSR count). The molecule has 0 radical (unpaired) electrons. The Bertz CT molecular complexity index is 696. The average molecular weight is 326 g/mol. The van der Waals surface area contributed by atoms with Crippen molar-refractivity contribution >= 4 is 17.2 Å². The van der Waals surface area contributed by atoms with Crippen LogP contribution in [0.2, 0.25) is 0 Å².